The van der Waals surface area contributed by atoms with Gasteiger partial charge in [0.2, 0.25) is 0 Å². The summed E-state index contributed by atoms with van der Waals surface area (Å²) in [7, 11) is 0. The number of hydrogen-bond acceptors (Lipinski definition) is 1. The zero-order valence-corrected chi connectivity index (χ0v) is 7.80. The number of fused-ring (bicyclic) bond motifs is 1. The lowest BCUT2D eigenvalue weighted by Crippen LogP contribution is -1.77. The Kier molecular flexibility index (Phi) is 1.62. The molecule has 0 aliphatic carbocycles. The number of pyridine rings is 1. The van der Waals surface area contributed by atoms with Gasteiger partial charge in [0, 0.05) is 11.6 Å². The average molecular weight is 231 g/mol. The zero-order chi connectivity index (χ0) is 7.84. The maximum absolute atomic E-state index is 5.69. The number of hydrogen-bond donors (Lipinski definition) is 0. The third-order valence-corrected chi connectivity index (χ3v) is 2.32. The van der Waals surface area contributed by atoms with Gasteiger partial charge in [0.1, 0.15) is 5.15 Å². The molecule has 2 nitrogen and oxygen atoms in total. The van der Waals surface area contributed by atoms with E-state index in [0.29, 0.717) is 5.15 Å². The minimum atomic E-state index is 0.524. The Morgan fingerprint density at radius 2 is 2.36 bits per heavy atom. The van der Waals surface area contributed by atoms with Crippen molar-refractivity contribution >= 4 is 38.7 Å². The molecule has 0 aliphatic heterocycles. The fourth-order valence-corrected chi connectivity index (χ4v) is 1.56. The highest BCUT2D eigenvalue weighted by molar-refractivity contribution is 9.08. The van der Waals surface area contributed by atoms with Gasteiger partial charge in [-0.2, -0.15) is 0 Å². The standard InChI is InChI=1S/C7H4BrClN2/c8-11-2-1-5-3-7(9)10-4-6(5)11/h1-4H. The lowest BCUT2D eigenvalue weighted by atomic mass is 10.3. The van der Waals surface area contributed by atoms with Crippen LogP contribution in [0.2, 0.25) is 5.15 Å². The molecule has 2 rings (SSSR count). The van der Waals surface area contributed by atoms with E-state index in [-0.39, 0.29) is 0 Å². The van der Waals surface area contributed by atoms with Crippen molar-refractivity contribution in [1.82, 2.24) is 8.58 Å². The van der Waals surface area contributed by atoms with Crippen molar-refractivity contribution in [2.75, 3.05) is 0 Å². The van der Waals surface area contributed by atoms with Gasteiger partial charge in [-0.05, 0) is 12.1 Å². The molecule has 0 aromatic carbocycles. The minimum absolute atomic E-state index is 0.524. The first kappa shape index (κ1) is 7.13. The fraction of sp³-hybridized carbons (Fsp3) is 0. The topological polar surface area (TPSA) is 17.8 Å². The quantitative estimate of drug-likeness (QED) is 0.638. The maximum Gasteiger partial charge on any atom is 0.129 e. The molecule has 56 valence electrons. The molecule has 0 amide bonds. The molecular weight excluding hydrogens is 227 g/mol. The fourth-order valence-electron chi connectivity index (χ4n) is 0.975. The van der Waals surface area contributed by atoms with E-state index >= 15 is 0 Å². The molecule has 0 atom stereocenters. The molecule has 0 saturated heterocycles. The van der Waals surface area contributed by atoms with Crippen LogP contribution >= 0.6 is 27.7 Å². The van der Waals surface area contributed by atoms with E-state index < -0.39 is 0 Å². The molecule has 0 saturated carbocycles. The molecule has 0 fully saturated rings. The minimum Gasteiger partial charge on any atom is -0.282 e. The number of nitrogens with zero attached hydrogens (tertiary/aromatic N) is 2. The molecule has 0 spiro atoms. The van der Waals surface area contributed by atoms with Crippen LogP contribution in [-0.4, -0.2) is 8.58 Å². The summed E-state index contributed by atoms with van der Waals surface area (Å²) in [4.78, 5) is 3.95. The summed E-state index contributed by atoms with van der Waals surface area (Å²) in [5.41, 5.74) is 1.02. The van der Waals surface area contributed by atoms with Crippen molar-refractivity contribution in [1.29, 1.82) is 0 Å². The molecule has 0 N–H and O–H groups in total. The summed E-state index contributed by atoms with van der Waals surface area (Å²) in [6.07, 6.45) is 3.63. The van der Waals surface area contributed by atoms with Gasteiger partial charge in [0.15, 0.2) is 0 Å². The second-order valence-electron chi connectivity index (χ2n) is 2.19. The number of halogens is 2. The van der Waals surface area contributed by atoms with E-state index in [0.717, 1.165) is 10.9 Å². The Morgan fingerprint density at radius 3 is 3.18 bits per heavy atom. The predicted molar refractivity (Wildman–Crippen MR) is 49.1 cm³/mol. The van der Waals surface area contributed by atoms with Gasteiger partial charge in [-0.1, -0.05) is 11.6 Å². The van der Waals surface area contributed by atoms with E-state index in [1.807, 2.05) is 21.9 Å². The monoisotopic (exact) mass is 230 g/mol. The molecule has 11 heavy (non-hydrogen) atoms. The van der Waals surface area contributed by atoms with Crippen molar-refractivity contribution in [3.05, 3.63) is 29.7 Å². The molecular formula is C7H4BrClN2. The Morgan fingerprint density at radius 1 is 1.55 bits per heavy atom. The Bertz CT molecular complexity index is 396. The summed E-state index contributed by atoms with van der Waals surface area (Å²) in [5.74, 6) is 0. The summed E-state index contributed by atoms with van der Waals surface area (Å²) in [5, 5.41) is 1.61. The predicted octanol–water partition coefficient (Wildman–Crippen LogP) is 2.85. The molecule has 2 aromatic heterocycles. The molecule has 0 aliphatic rings. The van der Waals surface area contributed by atoms with Crippen LogP contribution < -0.4 is 0 Å². The van der Waals surface area contributed by atoms with Gasteiger partial charge in [-0.25, -0.2) is 4.98 Å². The van der Waals surface area contributed by atoms with E-state index in [2.05, 4.69) is 21.1 Å². The number of rotatable bonds is 0. The Hall–Kier alpha value is -0.540. The maximum atomic E-state index is 5.69. The highest BCUT2D eigenvalue weighted by Gasteiger charge is 1.98. The van der Waals surface area contributed by atoms with Crippen LogP contribution in [0.25, 0.3) is 10.9 Å². The molecule has 2 aromatic rings. The van der Waals surface area contributed by atoms with Crippen LogP contribution in [0.5, 0.6) is 0 Å². The largest absolute Gasteiger partial charge is 0.282 e. The van der Waals surface area contributed by atoms with E-state index in [1.165, 1.54) is 0 Å². The van der Waals surface area contributed by atoms with Crippen LogP contribution in [0.15, 0.2) is 24.5 Å². The van der Waals surface area contributed by atoms with Gasteiger partial charge in [-0.15, -0.1) is 0 Å². The molecule has 0 unspecified atom stereocenters. The summed E-state index contributed by atoms with van der Waals surface area (Å²) >= 11 is 9.02. The van der Waals surface area contributed by atoms with Crippen molar-refractivity contribution < 1.29 is 0 Å². The second kappa shape index (κ2) is 2.50. The first-order valence-corrected chi connectivity index (χ1v) is 4.15. The van der Waals surface area contributed by atoms with Crippen LogP contribution in [0, 0.1) is 0 Å². The van der Waals surface area contributed by atoms with Crippen molar-refractivity contribution in [2.24, 2.45) is 0 Å². The highest BCUT2D eigenvalue weighted by atomic mass is 79.9. The molecule has 4 heteroatoms. The van der Waals surface area contributed by atoms with Crippen LogP contribution in [-0.2, 0) is 0 Å². The smallest absolute Gasteiger partial charge is 0.129 e. The third kappa shape index (κ3) is 1.14. The van der Waals surface area contributed by atoms with Gasteiger partial charge < -0.3 is 0 Å². The van der Waals surface area contributed by atoms with Crippen molar-refractivity contribution in [3.8, 4) is 0 Å². The van der Waals surface area contributed by atoms with Crippen LogP contribution in [0.3, 0.4) is 0 Å². The first-order valence-electron chi connectivity index (χ1n) is 3.06. The second-order valence-corrected chi connectivity index (χ2v) is 3.34. The third-order valence-electron chi connectivity index (χ3n) is 1.50. The summed E-state index contributed by atoms with van der Waals surface area (Å²) in [6, 6.07) is 3.80. The zero-order valence-electron chi connectivity index (χ0n) is 5.46. The van der Waals surface area contributed by atoms with Crippen molar-refractivity contribution in [3.63, 3.8) is 0 Å². The lowest BCUT2D eigenvalue weighted by molar-refractivity contribution is 1.31. The normalized spacial score (nSPS) is 10.7. The lowest BCUT2D eigenvalue weighted by Gasteiger charge is -1.92. The SMILES string of the molecule is Clc1cc2ccn(Br)c2cn1. The first-order chi connectivity index (χ1) is 5.27. The summed E-state index contributed by atoms with van der Waals surface area (Å²) in [6.45, 7) is 0. The van der Waals surface area contributed by atoms with E-state index in [1.54, 1.807) is 6.20 Å². The average Bonchev–Trinajstić information content (AvgIpc) is 2.32. The molecule has 0 radical (unpaired) electrons. The summed E-state index contributed by atoms with van der Waals surface area (Å²) < 4.78 is 1.83. The van der Waals surface area contributed by atoms with Crippen molar-refractivity contribution in [2.45, 2.75) is 0 Å². The van der Waals surface area contributed by atoms with Crippen LogP contribution in [0.4, 0.5) is 0 Å². The molecule has 2 heterocycles. The highest BCUT2D eigenvalue weighted by Crippen LogP contribution is 2.19. The van der Waals surface area contributed by atoms with Gasteiger partial charge in [-0.3, -0.25) is 3.59 Å². The van der Waals surface area contributed by atoms with Gasteiger partial charge >= 0.3 is 0 Å². The number of aromatic nitrogens is 2. The Labute approximate surface area is 77.1 Å². The van der Waals surface area contributed by atoms with Crippen LogP contribution in [0.1, 0.15) is 0 Å². The Balaban J connectivity index is 2.86. The van der Waals surface area contributed by atoms with Gasteiger partial charge in [0.25, 0.3) is 0 Å². The van der Waals surface area contributed by atoms with Gasteiger partial charge in [0.05, 0.1) is 27.9 Å². The molecule has 0 bridgehead atoms. The van der Waals surface area contributed by atoms with E-state index in [4.69, 9.17) is 11.6 Å². The van der Waals surface area contributed by atoms with E-state index in [9.17, 15) is 0 Å².